The molecular formula is C18H22N2O5S2. The van der Waals surface area contributed by atoms with Crippen molar-refractivity contribution in [2.75, 3.05) is 32.6 Å². The molecule has 0 saturated heterocycles. The Morgan fingerprint density at radius 2 is 2.00 bits per heavy atom. The zero-order valence-corrected chi connectivity index (χ0v) is 17.3. The predicted molar refractivity (Wildman–Crippen MR) is 106 cm³/mol. The minimum absolute atomic E-state index is 0.144. The number of nitrogens with one attached hydrogen (secondary N) is 1. The van der Waals surface area contributed by atoms with Crippen molar-refractivity contribution >= 4 is 45.5 Å². The number of carbonyl (C=O) groups excluding carboxylic acids is 3. The van der Waals surface area contributed by atoms with Gasteiger partial charge in [-0.15, -0.1) is 22.7 Å². The van der Waals surface area contributed by atoms with E-state index in [4.69, 9.17) is 9.47 Å². The Balaban J connectivity index is 2.16. The molecule has 1 amide bonds. The summed E-state index contributed by atoms with van der Waals surface area (Å²) >= 11 is 2.63. The van der Waals surface area contributed by atoms with E-state index in [0.717, 1.165) is 16.2 Å². The van der Waals surface area contributed by atoms with Gasteiger partial charge in [0.15, 0.2) is 0 Å². The summed E-state index contributed by atoms with van der Waals surface area (Å²) in [4.78, 5) is 40.0. The average Bonchev–Trinajstić information content (AvgIpc) is 3.22. The molecular weight excluding hydrogens is 388 g/mol. The van der Waals surface area contributed by atoms with Gasteiger partial charge in [0.05, 0.1) is 25.8 Å². The molecule has 0 aliphatic rings. The van der Waals surface area contributed by atoms with Crippen LogP contribution in [0.25, 0.3) is 0 Å². The number of amides is 1. The normalized spacial score (nSPS) is 10.7. The lowest BCUT2D eigenvalue weighted by Crippen LogP contribution is -2.29. The van der Waals surface area contributed by atoms with Gasteiger partial charge in [-0.1, -0.05) is 6.07 Å². The van der Waals surface area contributed by atoms with Crippen molar-refractivity contribution in [2.24, 2.45) is 0 Å². The number of carbonyl (C=O) groups is 3. The Morgan fingerprint density at radius 3 is 2.59 bits per heavy atom. The lowest BCUT2D eigenvalue weighted by Gasteiger charge is -2.15. The smallest absolute Gasteiger partial charge is 0.348 e. The second-order valence-corrected chi connectivity index (χ2v) is 7.83. The first kappa shape index (κ1) is 21.1. The van der Waals surface area contributed by atoms with E-state index < -0.39 is 11.9 Å². The summed E-state index contributed by atoms with van der Waals surface area (Å²) in [6.45, 7) is 4.31. The Labute approximate surface area is 165 Å². The van der Waals surface area contributed by atoms with Crippen molar-refractivity contribution in [1.82, 2.24) is 4.90 Å². The van der Waals surface area contributed by atoms with Gasteiger partial charge in [-0.2, -0.15) is 0 Å². The fraction of sp³-hybridized carbons (Fsp3) is 0.389. The van der Waals surface area contributed by atoms with E-state index in [1.54, 1.807) is 25.2 Å². The predicted octanol–water partition coefficient (Wildman–Crippen LogP) is 3.15. The van der Waals surface area contributed by atoms with E-state index in [1.807, 2.05) is 29.5 Å². The quantitative estimate of drug-likeness (QED) is 0.673. The van der Waals surface area contributed by atoms with Crippen LogP contribution in [0, 0.1) is 6.92 Å². The minimum Gasteiger partial charge on any atom is -0.465 e. The Kier molecular flexibility index (Phi) is 7.52. The van der Waals surface area contributed by atoms with Crippen LogP contribution >= 0.6 is 22.7 Å². The number of likely N-dealkylation sites (N-methyl/N-ethyl adjacent to an activating group) is 1. The Bertz CT molecular complexity index is 814. The van der Waals surface area contributed by atoms with Crippen molar-refractivity contribution in [2.45, 2.75) is 20.4 Å². The first-order valence-corrected chi connectivity index (χ1v) is 9.96. The molecule has 9 heteroatoms. The van der Waals surface area contributed by atoms with E-state index in [1.165, 1.54) is 7.11 Å². The van der Waals surface area contributed by atoms with Gasteiger partial charge in [0.1, 0.15) is 9.88 Å². The SMILES string of the molecule is CCOC(=O)c1c(NC(=O)CN(C)Cc2cccs2)sc(C(=O)OC)c1C. The largest absolute Gasteiger partial charge is 0.465 e. The maximum atomic E-state index is 12.4. The van der Waals surface area contributed by atoms with Crippen molar-refractivity contribution < 1.29 is 23.9 Å². The summed E-state index contributed by atoms with van der Waals surface area (Å²) in [6, 6.07) is 3.96. The van der Waals surface area contributed by atoms with Crippen LogP contribution in [-0.4, -0.2) is 50.1 Å². The molecule has 0 bridgehead atoms. The summed E-state index contributed by atoms with van der Waals surface area (Å²) < 4.78 is 9.82. The highest BCUT2D eigenvalue weighted by molar-refractivity contribution is 7.18. The molecule has 0 saturated carbocycles. The number of hydrogen-bond donors (Lipinski definition) is 1. The van der Waals surface area contributed by atoms with Gasteiger partial charge < -0.3 is 14.8 Å². The lowest BCUT2D eigenvalue weighted by atomic mass is 10.1. The van der Waals surface area contributed by atoms with Gasteiger partial charge in [0, 0.05) is 11.4 Å². The number of rotatable bonds is 8. The molecule has 2 aromatic rings. The summed E-state index contributed by atoms with van der Waals surface area (Å²) in [5.74, 6) is -1.42. The monoisotopic (exact) mass is 410 g/mol. The molecule has 146 valence electrons. The summed E-state index contributed by atoms with van der Waals surface area (Å²) in [6.07, 6.45) is 0. The summed E-state index contributed by atoms with van der Waals surface area (Å²) in [5, 5.41) is 5.01. The third-order valence-electron chi connectivity index (χ3n) is 3.67. The third-order valence-corrected chi connectivity index (χ3v) is 5.72. The van der Waals surface area contributed by atoms with Gasteiger partial charge in [-0.25, -0.2) is 9.59 Å². The third kappa shape index (κ3) is 5.38. The average molecular weight is 411 g/mol. The van der Waals surface area contributed by atoms with Gasteiger partial charge in [0.25, 0.3) is 0 Å². The van der Waals surface area contributed by atoms with Crippen molar-refractivity contribution in [1.29, 1.82) is 0 Å². The maximum absolute atomic E-state index is 12.4. The van der Waals surface area contributed by atoms with E-state index in [0.29, 0.717) is 17.1 Å². The molecule has 0 aliphatic heterocycles. The first-order valence-electron chi connectivity index (χ1n) is 8.26. The number of hydrogen-bond acceptors (Lipinski definition) is 8. The van der Waals surface area contributed by atoms with Gasteiger partial charge >= 0.3 is 11.9 Å². The highest BCUT2D eigenvalue weighted by Gasteiger charge is 2.27. The molecule has 0 fully saturated rings. The molecule has 2 heterocycles. The number of nitrogens with zero attached hydrogens (tertiary/aromatic N) is 1. The van der Waals surface area contributed by atoms with Crippen LogP contribution in [0.3, 0.4) is 0 Å². The van der Waals surface area contributed by atoms with E-state index in [9.17, 15) is 14.4 Å². The van der Waals surface area contributed by atoms with Crippen LogP contribution in [0.15, 0.2) is 17.5 Å². The molecule has 7 nitrogen and oxygen atoms in total. The second-order valence-electron chi connectivity index (χ2n) is 5.77. The Morgan fingerprint density at radius 1 is 1.26 bits per heavy atom. The highest BCUT2D eigenvalue weighted by Crippen LogP contribution is 2.34. The van der Waals surface area contributed by atoms with Crippen molar-refractivity contribution in [3.05, 3.63) is 38.4 Å². The van der Waals surface area contributed by atoms with E-state index >= 15 is 0 Å². The minimum atomic E-state index is -0.580. The number of methoxy groups -OCH3 is 1. The topological polar surface area (TPSA) is 84.9 Å². The number of ether oxygens (including phenoxy) is 2. The van der Waals surface area contributed by atoms with Crippen LogP contribution < -0.4 is 5.32 Å². The maximum Gasteiger partial charge on any atom is 0.348 e. The molecule has 1 N–H and O–H groups in total. The molecule has 0 aromatic carbocycles. The van der Waals surface area contributed by atoms with Gasteiger partial charge in [-0.3, -0.25) is 9.69 Å². The van der Waals surface area contributed by atoms with Crippen molar-refractivity contribution in [3.63, 3.8) is 0 Å². The van der Waals surface area contributed by atoms with Crippen LogP contribution in [-0.2, 0) is 20.8 Å². The Hall–Kier alpha value is -2.23. The van der Waals surface area contributed by atoms with Crippen LogP contribution in [0.5, 0.6) is 0 Å². The molecule has 2 aromatic heterocycles. The zero-order valence-electron chi connectivity index (χ0n) is 15.7. The summed E-state index contributed by atoms with van der Waals surface area (Å²) in [5.41, 5.74) is 0.629. The highest BCUT2D eigenvalue weighted by atomic mass is 32.1. The van der Waals surface area contributed by atoms with Gasteiger partial charge in [0.2, 0.25) is 5.91 Å². The molecule has 27 heavy (non-hydrogen) atoms. The standard InChI is InChI=1S/C18H22N2O5S2/c1-5-25-17(22)14-11(2)15(18(23)24-4)27-16(14)19-13(21)10-20(3)9-12-7-6-8-26-12/h6-8H,5,9-10H2,1-4H3,(H,19,21). The lowest BCUT2D eigenvalue weighted by molar-refractivity contribution is -0.117. The summed E-state index contributed by atoms with van der Waals surface area (Å²) in [7, 11) is 3.11. The fourth-order valence-electron chi connectivity index (χ4n) is 2.47. The second kappa shape index (κ2) is 9.63. The van der Waals surface area contributed by atoms with Gasteiger partial charge in [-0.05, 0) is 37.9 Å². The number of anilines is 1. The molecule has 2 rings (SSSR count). The number of esters is 2. The molecule has 0 atom stereocenters. The van der Waals surface area contributed by atoms with Crippen LogP contribution in [0.2, 0.25) is 0 Å². The molecule has 0 unspecified atom stereocenters. The zero-order chi connectivity index (χ0) is 20.0. The molecule has 0 spiro atoms. The fourth-order valence-corrected chi connectivity index (χ4v) is 4.39. The van der Waals surface area contributed by atoms with Crippen molar-refractivity contribution in [3.8, 4) is 0 Å². The van der Waals surface area contributed by atoms with E-state index in [-0.39, 0.29) is 29.5 Å². The molecule has 0 aliphatic carbocycles. The van der Waals surface area contributed by atoms with Crippen LogP contribution in [0.1, 0.15) is 37.4 Å². The van der Waals surface area contributed by atoms with E-state index in [2.05, 4.69) is 5.32 Å². The molecule has 0 radical (unpaired) electrons. The first-order chi connectivity index (χ1) is 12.9. The van der Waals surface area contributed by atoms with Crippen LogP contribution in [0.4, 0.5) is 5.00 Å². The number of thiophene rings is 2.